The summed E-state index contributed by atoms with van der Waals surface area (Å²) in [6.45, 7) is 1.16. The van der Waals surface area contributed by atoms with Gasteiger partial charge in [0, 0.05) is 20.2 Å². The Morgan fingerprint density at radius 2 is 2.06 bits per heavy atom. The van der Waals surface area contributed by atoms with Crippen molar-refractivity contribution >= 4 is 23.2 Å². The van der Waals surface area contributed by atoms with Crippen molar-refractivity contribution in [1.82, 2.24) is 4.90 Å². The van der Waals surface area contributed by atoms with E-state index in [1.165, 1.54) is 6.07 Å². The van der Waals surface area contributed by atoms with E-state index in [0.29, 0.717) is 18.0 Å². The molecule has 1 N–H and O–H groups in total. The van der Waals surface area contributed by atoms with Gasteiger partial charge in [-0.15, -0.1) is 11.3 Å². The standard InChI is InChI=1S/C10H11NO4S/c1-15-6-4-11(5-6)9(12)7-2-3-8(16-7)10(13)14/h2-3,6H,4-5H2,1H3,(H,13,14). The number of amides is 1. The molecule has 0 radical (unpaired) electrons. The van der Waals surface area contributed by atoms with Crippen LogP contribution in [0.25, 0.3) is 0 Å². The molecule has 0 aromatic carbocycles. The molecule has 1 aromatic rings. The molecule has 1 saturated heterocycles. The lowest BCUT2D eigenvalue weighted by Crippen LogP contribution is -2.54. The molecule has 2 heterocycles. The summed E-state index contributed by atoms with van der Waals surface area (Å²) in [4.78, 5) is 24.8. The van der Waals surface area contributed by atoms with Gasteiger partial charge in [-0.1, -0.05) is 0 Å². The lowest BCUT2D eigenvalue weighted by molar-refractivity contribution is -0.0189. The second kappa shape index (κ2) is 4.23. The maximum absolute atomic E-state index is 11.8. The molecule has 5 nitrogen and oxygen atoms in total. The Morgan fingerprint density at radius 3 is 2.56 bits per heavy atom. The number of aromatic carboxylic acids is 1. The summed E-state index contributed by atoms with van der Waals surface area (Å²) in [5, 5.41) is 8.74. The Labute approximate surface area is 96.2 Å². The number of carboxylic acids is 1. The first-order chi connectivity index (χ1) is 7.61. The van der Waals surface area contributed by atoms with Gasteiger partial charge in [0.25, 0.3) is 5.91 Å². The first-order valence-electron chi connectivity index (χ1n) is 4.77. The number of hydrogen-bond acceptors (Lipinski definition) is 4. The SMILES string of the molecule is COC1CN(C(=O)c2ccc(C(=O)O)s2)C1. The quantitative estimate of drug-likeness (QED) is 0.854. The number of carbonyl (C=O) groups excluding carboxylic acids is 1. The van der Waals surface area contributed by atoms with Crippen molar-refractivity contribution in [1.29, 1.82) is 0 Å². The van der Waals surface area contributed by atoms with E-state index in [4.69, 9.17) is 9.84 Å². The third-order valence-electron chi connectivity index (χ3n) is 2.50. The second-order valence-electron chi connectivity index (χ2n) is 3.54. The number of methoxy groups -OCH3 is 1. The molecule has 0 unspecified atom stereocenters. The number of thiophene rings is 1. The van der Waals surface area contributed by atoms with Crippen molar-refractivity contribution in [2.45, 2.75) is 6.10 Å². The largest absolute Gasteiger partial charge is 0.477 e. The van der Waals surface area contributed by atoms with Gasteiger partial charge in [0.05, 0.1) is 11.0 Å². The smallest absolute Gasteiger partial charge is 0.345 e. The van der Waals surface area contributed by atoms with Crippen LogP contribution < -0.4 is 0 Å². The average Bonchev–Trinajstić information content (AvgIpc) is 2.64. The molecule has 1 aromatic heterocycles. The van der Waals surface area contributed by atoms with Gasteiger partial charge >= 0.3 is 5.97 Å². The monoisotopic (exact) mass is 241 g/mol. The molecule has 0 saturated carbocycles. The van der Waals surface area contributed by atoms with Gasteiger partial charge in [0.2, 0.25) is 0 Å². The van der Waals surface area contributed by atoms with E-state index in [1.807, 2.05) is 0 Å². The van der Waals surface area contributed by atoms with Crippen LogP contribution in [-0.4, -0.2) is 48.2 Å². The summed E-state index contributed by atoms with van der Waals surface area (Å²) in [5.74, 6) is -1.12. The lowest BCUT2D eigenvalue weighted by Gasteiger charge is -2.37. The molecular weight excluding hydrogens is 230 g/mol. The van der Waals surface area contributed by atoms with Crippen LogP contribution in [0.15, 0.2) is 12.1 Å². The van der Waals surface area contributed by atoms with Gasteiger partial charge in [-0.2, -0.15) is 0 Å². The van der Waals surface area contributed by atoms with E-state index in [2.05, 4.69) is 0 Å². The van der Waals surface area contributed by atoms with Crippen LogP contribution >= 0.6 is 11.3 Å². The van der Waals surface area contributed by atoms with Gasteiger partial charge in [-0.05, 0) is 12.1 Å². The van der Waals surface area contributed by atoms with Crippen LogP contribution in [0.1, 0.15) is 19.3 Å². The fourth-order valence-corrected chi connectivity index (χ4v) is 2.29. The van der Waals surface area contributed by atoms with E-state index < -0.39 is 5.97 Å². The molecule has 1 aliphatic rings. The number of rotatable bonds is 3. The van der Waals surface area contributed by atoms with Gasteiger partial charge in [0.15, 0.2) is 0 Å². The molecule has 0 atom stereocenters. The van der Waals surface area contributed by atoms with Crippen molar-refractivity contribution in [2.24, 2.45) is 0 Å². The number of likely N-dealkylation sites (tertiary alicyclic amines) is 1. The van der Waals surface area contributed by atoms with Crippen LogP contribution in [0.3, 0.4) is 0 Å². The van der Waals surface area contributed by atoms with Crippen molar-refractivity contribution in [2.75, 3.05) is 20.2 Å². The zero-order valence-electron chi connectivity index (χ0n) is 8.67. The summed E-state index contributed by atoms with van der Waals surface area (Å²) >= 11 is 1.00. The van der Waals surface area contributed by atoms with E-state index in [0.717, 1.165) is 11.3 Å². The number of hydrogen-bond donors (Lipinski definition) is 1. The predicted molar refractivity (Wildman–Crippen MR) is 58.0 cm³/mol. The highest BCUT2D eigenvalue weighted by Crippen LogP contribution is 2.21. The second-order valence-corrected chi connectivity index (χ2v) is 4.62. The van der Waals surface area contributed by atoms with Crippen molar-refractivity contribution in [3.05, 3.63) is 21.9 Å². The summed E-state index contributed by atoms with van der Waals surface area (Å²) in [7, 11) is 1.61. The zero-order valence-corrected chi connectivity index (χ0v) is 9.49. The van der Waals surface area contributed by atoms with E-state index >= 15 is 0 Å². The van der Waals surface area contributed by atoms with Crippen molar-refractivity contribution in [3.63, 3.8) is 0 Å². The molecule has 2 rings (SSSR count). The lowest BCUT2D eigenvalue weighted by atomic mass is 10.1. The van der Waals surface area contributed by atoms with Gasteiger partial charge < -0.3 is 14.7 Å². The number of ether oxygens (including phenoxy) is 1. The molecule has 0 aliphatic carbocycles. The maximum Gasteiger partial charge on any atom is 0.345 e. The molecule has 1 amide bonds. The molecular formula is C10H11NO4S. The van der Waals surface area contributed by atoms with Gasteiger partial charge in [-0.25, -0.2) is 4.79 Å². The fourth-order valence-electron chi connectivity index (χ4n) is 1.48. The molecule has 1 fully saturated rings. The highest BCUT2D eigenvalue weighted by Gasteiger charge is 2.31. The highest BCUT2D eigenvalue weighted by atomic mass is 32.1. The van der Waals surface area contributed by atoms with Crippen LogP contribution in [0, 0.1) is 0 Å². The maximum atomic E-state index is 11.8. The van der Waals surface area contributed by atoms with E-state index in [1.54, 1.807) is 18.1 Å². The fraction of sp³-hybridized carbons (Fsp3) is 0.400. The summed E-state index contributed by atoms with van der Waals surface area (Å²) in [6, 6.07) is 3.00. The minimum Gasteiger partial charge on any atom is -0.477 e. The third kappa shape index (κ3) is 1.94. The molecule has 6 heteroatoms. The van der Waals surface area contributed by atoms with E-state index in [-0.39, 0.29) is 16.9 Å². The average molecular weight is 241 g/mol. The van der Waals surface area contributed by atoms with Crippen LogP contribution in [-0.2, 0) is 4.74 Å². The van der Waals surface area contributed by atoms with Crippen molar-refractivity contribution in [3.8, 4) is 0 Å². The molecule has 0 spiro atoms. The minimum atomic E-state index is -0.998. The van der Waals surface area contributed by atoms with Crippen molar-refractivity contribution < 1.29 is 19.4 Å². The first kappa shape index (κ1) is 11.1. The Bertz CT molecular complexity index is 422. The highest BCUT2D eigenvalue weighted by molar-refractivity contribution is 7.15. The van der Waals surface area contributed by atoms with Gasteiger partial charge in [0.1, 0.15) is 4.88 Å². The minimum absolute atomic E-state index is 0.114. The Hall–Kier alpha value is -1.40. The summed E-state index contributed by atoms with van der Waals surface area (Å²) in [6.07, 6.45) is 0.114. The Balaban J connectivity index is 2.02. The normalized spacial score (nSPS) is 15.9. The third-order valence-corrected chi connectivity index (χ3v) is 3.56. The predicted octanol–water partition coefficient (Wildman–Crippen LogP) is 0.917. The molecule has 0 bridgehead atoms. The van der Waals surface area contributed by atoms with Crippen LogP contribution in [0.2, 0.25) is 0 Å². The zero-order chi connectivity index (χ0) is 11.7. The number of carboxylic acid groups (broad SMARTS) is 1. The Morgan fingerprint density at radius 1 is 1.44 bits per heavy atom. The molecule has 1 aliphatic heterocycles. The van der Waals surface area contributed by atoms with E-state index in [9.17, 15) is 9.59 Å². The summed E-state index contributed by atoms with van der Waals surface area (Å²) < 4.78 is 5.06. The molecule has 86 valence electrons. The topological polar surface area (TPSA) is 66.8 Å². The van der Waals surface area contributed by atoms with Crippen LogP contribution in [0.4, 0.5) is 0 Å². The Kier molecular flexibility index (Phi) is 2.93. The van der Waals surface area contributed by atoms with Crippen LogP contribution in [0.5, 0.6) is 0 Å². The summed E-state index contributed by atoms with van der Waals surface area (Å²) in [5.41, 5.74) is 0. The molecule has 16 heavy (non-hydrogen) atoms. The van der Waals surface area contributed by atoms with Gasteiger partial charge in [-0.3, -0.25) is 4.79 Å². The number of carbonyl (C=O) groups is 2. The first-order valence-corrected chi connectivity index (χ1v) is 5.58. The number of nitrogens with zero attached hydrogens (tertiary/aromatic N) is 1.